The van der Waals surface area contributed by atoms with Gasteiger partial charge in [0.2, 0.25) is 0 Å². The zero-order valence-electron chi connectivity index (χ0n) is 25.6. The molecule has 0 bridgehead atoms. The molecule has 2 aliphatic rings. The third kappa shape index (κ3) is 7.82. The van der Waals surface area contributed by atoms with E-state index in [1.807, 2.05) is 26.8 Å². The number of methoxy groups -OCH3 is 1. The van der Waals surface area contributed by atoms with Crippen LogP contribution in [0.3, 0.4) is 0 Å². The van der Waals surface area contributed by atoms with E-state index < -0.39 is 23.9 Å². The Hall–Kier alpha value is -3.07. The monoisotopic (exact) mass is 571 g/mol. The van der Waals surface area contributed by atoms with Gasteiger partial charge in [-0.2, -0.15) is 0 Å². The van der Waals surface area contributed by atoms with Crippen molar-refractivity contribution >= 4 is 23.7 Å². The average Bonchev–Trinajstić information content (AvgIpc) is 3.34. The quantitative estimate of drug-likeness (QED) is 0.196. The molecule has 2 heterocycles. The summed E-state index contributed by atoms with van der Waals surface area (Å²) in [6.45, 7) is 10.9. The Labute approximate surface area is 245 Å². The summed E-state index contributed by atoms with van der Waals surface area (Å²) in [6.07, 6.45) is 10.3. The normalized spacial score (nSPS) is 17.1. The van der Waals surface area contributed by atoms with E-state index in [9.17, 15) is 19.5 Å². The van der Waals surface area contributed by atoms with Crippen LogP contribution >= 0.6 is 0 Å². The largest absolute Gasteiger partial charge is 0.496 e. The Kier molecular flexibility index (Phi) is 12.1. The number of piperidine rings is 1. The molecule has 1 saturated heterocycles. The number of likely N-dealkylation sites (tertiary alicyclic amines) is 1. The van der Waals surface area contributed by atoms with E-state index in [1.165, 1.54) is 19.3 Å². The van der Waals surface area contributed by atoms with Crippen LogP contribution in [0.25, 0.3) is 0 Å². The van der Waals surface area contributed by atoms with Gasteiger partial charge >= 0.3 is 18.0 Å². The number of primary amides is 1. The number of carbonyl (C=O) groups excluding carboxylic acids is 2. The summed E-state index contributed by atoms with van der Waals surface area (Å²) >= 11 is 0. The van der Waals surface area contributed by atoms with Crippen LogP contribution < -0.4 is 15.4 Å². The van der Waals surface area contributed by atoms with E-state index in [0.717, 1.165) is 50.0 Å². The van der Waals surface area contributed by atoms with Crippen molar-refractivity contribution in [3.8, 4) is 5.75 Å². The SMILES string of the molecule is CCCCC(CC)N(C(N)=O)c1c(C/C=C(\C)CC(CCN2CCCCC2)C(=O)O)c(OC)c(C)c2c1C(=O)OC2. The topological polar surface area (TPSA) is 122 Å². The van der Waals surface area contributed by atoms with Gasteiger partial charge in [-0.25, -0.2) is 9.59 Å². The first-order valence-corrected chi connectivity index (χ1v) is 15.2. The minimum absolute atomic E-state index is 0.119. The highest BCUT2D eigenvalue weighted by molar-refractivity contribution is 6.06. The van der Waals surface area contributed by atoms with Gasteiger partial charge in [0.05, 0.1) is 24.3 Å². The second-order valence-corrected chi connectivity index (χ2v) is 11.5. The molecule has 9 nitrogen and oxygen atoms in total. The molecule has 0 saturated carbocycles. The van der Waals surface area contributed by atoms with Crippen molar-refractivity contribution in [2.45, 2.75) is 105 Å². The third-order valence-corrected chi connectivity index (χ3v) is 8.67. The van der Waals surface area contributed by atoms with Crippen LogP contribution in [-0.4, -0.2) is 60.8 Å². The summed E-state index contributed by atoms with van der Waals surface area (Å²) in [6, 6.07) is -0.807. The maximum atomic E-state index is 13.1. The Morgan fingerprint density at radius 3 is 2.49 bits per heavy atom. The highest BCUT2D eigenvalue weighted by atomic mass is 16.5. The number of hydrogen-bond donors (Lipinski definition) is 2. The molecule has 3 N–H and O–H groups in total. The van der Waals surface area contributed by atoms with Crippen LogP contribution in [0.5, 0.6) is 5.75 Å². The van der Waals surface area contributed by atoms with Crippen LogP contribution in [0.4, 0.5) is 10.5 Å². The Morgan fingerprint density at radius 2 is 1.90 bits per heavy atom. The predicted molar refractivity (Wildman–Crippen MR) is 161 cm³/mol. The van der Waals surface area contributed by atoms with E-state index in [1.54, 1.807) is 12.0 Å². The summed E-state index contributed by atoms with van der Waals surface area (Å²) in [5.74, 6) is -1.14. The lowest BCUT2D eigenvalue weighted by atomic mass is 9.90. The van der Waals surface area contributed by atoms with E-state index in [-0.39, 0.29) is 12.6 Å². The molecule has 0 spiro atoms. The molecule has 2 atom stereocenters. The number of allylic oxidation sites excluding steroid dienone is 2. The number of fused-ring (bicyclic) bond motifs is 1. The zero-order valence-corrected chi connectivity index (χ0v) is 25.6. The summed E-state index contributed by atoms with van der Waals surface area (Å²) in [5, 5.41) is 9.95. The van der Waals surface area contributed by atoms with Gasteiger partial charge in [0.15, 0.2) is 0 Å². The fourth-order valence-electron chi connectivity index (χ4n) is 6.30. The molecular formula is C32H49N3O6. The van der Waals surface area contributed by atoms with Crippen molar-refractivity contribution in [3.63, 3.8) is 0 Å². The predicted octanol–water partition coefficient (Wildman–Crippen LogP) is 5.98. The molecule has 2 amide bonds. The molecule has 0 radical (unpaired) electrons. The summed E-state index contributed by atoms with van der Waals surface area (Å²) in [7, 11) is 1.58. The lowest BCUT2D eigenvalue weighted by Gasteiger charge is -2.33. The third-order valence-electron chi connectivity index (χ3n) is 8.67. The van der Waals surface area contributed by atoms with Crippen molar-refractivity contribution in [2.75, 3.05) is 31.6 Å². The smallest absolute Gasteiger partial charge is 0.341 e. The minimum Gasteiger partial charge on any atom is -0.496 e. The zero-order chi connectivity index (χ0) is 30.1. The molecule has 41 heavy (non-hydrogen) atoms. The molecule has 3 rings (SSSR count). The van der Waals surface area contributed by atoms with Gasteiger partial charge < -0.3 is 25.2 Å². The van der Waals surface area contributed by atoms with Crippen LogP contribution in [0.15, 0.2) is 11.6 Å². The van der Waals surface area contributed by atoms with Crippen LogP contribution in [0, 0.1) is 12.8 Å². The van der Waals surface area contributed by atoms with Gasteiger partial charge in [0.25, 0.3) is 0 Å². The fourth-order valence-corrected chi connectivity index (χ4v) is 6.30. The Morgan fingerprint density at radius 1 is 1.20 bits per heavy atom. The van der Waals surface area contributed by atoms with Gasteiger partial charge in [-0.1, -0.05) is 44.8 Å². The van der Waals surface area contributed by atoms with Crippen LogP contribution in [0.2, 0.25) is 0 Å². The van der Waals surface area contributed by atoms with E-state index in [0.29, 0.717) is 53.8 Å². The molecular weight excluding hydrogens is 522 g/mol. The Balaban J connectivity index is 1.99. The van der Waals surface area contributed by atoms with Crippen LogP contribution in [-0.2, 0) is 22.6 Å². The molecule has 0 aliphatic carbocycles. The Bertz CT molecular complexity index is 1130. The number of urea groups is 1. The second-order valence-electron chi connectivity index (χ2n) is 11.5. The van der Waals surface area contributed by atoms with Crippen molar-refractivity contribution in [2.24, 2.45) is 11.7 Å². The summed E-state index contributed by atoms with van der Waals surface area (Å²) in [4.78, 5) is 42.2. The average molecular weight is 572 g/mol. The van der Waals surface area contributed by atoms with Gasteiger partial charge in [0.1, 0.15) is 12.4 Å². The van der Waals surface area contributed by atoms with E-state index in [2.05, 4.69) is 11.8 Å². The first-order valence-electron chi connectivity index (χ1n) is 15.2. The summed E-state index contributed by atoms with van der Waals surface area (Å²) < 4.78 is 11.3. The molecule has 0 aromatic heterocycles. The minimum atomic E-state index is -0.786. The highest BCUT2D eigenvalue weighted by Crippen LogP contribution is 2.44. The number of carboxylic acid groups (broad SMARTS) is 1. The van der Waals surface area contributed by atoms with E-state index in [4.69, 9.17) is 15.2 Å². The molecule has 1 aromatic carbocycles. The number of aliphatic carboxylic acids is 1. The van der Waals surface area contributed by atoms with Gasteiger partial charge in [-0.05, 0) is 84.0 Å². The lowest BCUT2D eigenvalue weighted by Crippen LogP contribution is -2.45. The number of cyclic esters (lactones) is 1. The van der Waals surface area contributed by atoms with Crippen molar-refractivity contribution in [3.05, 3.63) is 33.9 Å². The van der Waals surface area contributed by atoms with Crippen molar-refractivity contribution in [1.29, 1.82) is 0 Å². The molecule has 2 aliphatic heterocycles. The number of nitrogens with two attached hydrogens (primary N) is 1. The highest BCUT2D eigenvalue weighted by Gasteiger charge is 2.37. The first kappa shape index (κ1) is 32.4. The van der Waals surface area contributed by atoms with Gasteiger partial charge in [-0.15, -0.1) is 0 Å². The fraction of sp³-hybridized carbons (Fsp3) is 0.656. The van der Waals surface area contributed by atoms with Crippen LogP contribution in [0.1, 0.15) is 106 Å². The number of unbranched alkanes of at least 4 members (excludes halogenated alkanes) is 1. The number of anilines is 1. The van der Waals surface area contributed by atoms with Gasteiger partial charge in [-0.3, -0.25) is 9.69 Å². The number of rotatable bonds is 15. The number of esters is 1. The van der Waals surface area contributed by atoms with Crippen molar-refractivity contribution < 1.29 is 29.0 Å². The number of benzene rings is 1. The lowest BCUT2D eigenvalue weighted by molar-refractivity contribution is -0.142. The maximum Gasteiger partial charge on any atom is 0.341 e. The van der Waals surface area contributed by atoms with E-state index >= 15 is 0 Å². The standard InChI is InChI=1S/C32H49N3O6/c1-6-8-12-24(7-2)35(32(33)39)28-25(29(40-5)22(4)26-20-41-31(38)27(26)28)14-13-21(3)19-23(30(36)37)15-18-34-16-10-9-11-17-34/h13,23-24H,6-12,14-20H2,1-5H3,(H2,33,39)(H,36,37)/b21-13+. The molecule has 2 unspecified atom stereocenters. The van der Waals surface area contributed by atoms with Crippen molar-refractivity contribution in [1.82, 2.24) is 4.90 Å². The van der Waals surface area contributed by atoms with Gasteiger partial charge in [0, 0.05) is 17.2 Å². The molecule has 9 heteroatoms. The maximum absolute atomic E-state index is 13.1. The second kappa shape index (κ2) is 15.2. The first-order chi connectivity index (χ1) is 19.6. The number of hydrogen-bond acceptors (Lipinski definition) is 6. The summed E-state index contributed by atoms with van der Waals surface area (Å²) in [5.41, 5.74) is 10.00. The number of carbonyl (C=O) groups is 3. The molecule has 1 fully saturated rings. The molecule has 228 valence electrons. The molecule has 1 aromatic rings. The number of ether oxygens (including phenoxy) is 2. The number of nitrogens with zero attached hydrogens (tertiary/aromatic N) is 2. The number of carboxylic acids is 1. The number of amides is 2.